The third-order valence-electron chi connectivity index (χ3n) is 7.22. The van der Waals surface area contributed by atoms with Gasteiger partial charge in [-0.3, -0.25) is 9.52 Å². The monoisotopic (exact) mass is 499 g/mol. The number of rotatable bonds is 8. The predicted octanol–water partition coefficient (Wildman–Crippen LogP) is 2.64. The number of hydrogen-bond donors (Lipinski definition) is 3. The standard InChI is InChI=1S/C25H29N3O6S/c1-2-28-10-9-16(13-28)24(29)26-12-15-5-3-4-6-21(15)35(32,33)27-20-8-7-18-19-11-17(19)14-34-23(18)22(20)25(30)31/h3-8,16-17,19,27H,2,9-14H2,1H3,(H,26,29)(H,30,31)/t16-,17-,19-/m1/s1. The Bertz CT molecular complexity index is 1280. The molecule has 3 N–H and O–H groups in total. The smallest absolute Gasteiger partial charge is 0.341 e. The maximum Gasteiger partial charge on any atom is 0.341 e. The van der Waals surface area contributed by atoms with Crippen molar-refractivity contribution in [3.63, 3.8) is 0 Å². The largest absolute Gasteiger partial charge is 0.492 e. The van der Waals surface area contributed by atoms with E-state index < -0.39 is 16.0 Å². The molecule has 2 aromatic rings. The first kappa shape index (κ1) is 23.6. The number of likely N-dealkylation sites (tertiary alicyclic amines) is 1. The minimum absolute atomic E-state index is 0.0147. The predicted molar refractivity (Wildman–Crippen MR) is 129 cm³/mol. The summed E-state index contributed by atoms with van der Waals surface area (Å²) in [5, 5.41) is 12.7. The van der Waals surface area contributed by atoms with Gasteiger partial charge in [-0.1, -0.05) is 31.2 Å². The SMILES string of the molecule is CCN1CC[C@@H](C(=O)NCc2ccccc2S(=O)(=O)Nc2ccc3c(c2C(=O)O)OC[C@H]2C[C@@H]32)C1. The molecule has 5 rings (SSSR count). The highest BCUT2D eigenvalue weighted by atomic mass is 32.2. The molecule has 3 aliphatic rings. The number of carboxylic acid groups (broad SMARTS) is 1. The van der Waals surface area contributed by atoms with Gasteiger partial charge in [0, 0.05) is 19.0 Å². The number of nitrogens with zero attached hydrogens (tertiary/aromatic N) is 1. The van der Waals surface area contributed by atoms with E-state index in [0.717, 1.165) is 31.5 Å². The molecule has 2 heterocycles. The molecule has 9 nitrogen and oxygen atoms in total. The molecule has 1 saturated carbocycles. The maximum atomic E-state index is 13.4. The first-order chi connectivity index (χ1) is 16.8. The van der Waals surface area contributed by atoms with Crippen molar-refractivity contribution in [2.75, 3.05) is 31.0 Å². The second-order valence-electron chi connectivity index (χ2n) is 9.43. The summed E-state index contributed by atoms with van der Waals surface area (Å²) in [6, 6.07) is 9.63. The normalized spacial score (nSPS) is 23.1. The van der Waals surface area contributed by atoms with Gasteiger partial charge in [0.05, 0.1) is 23.1 Å². The van der Waals surface area contributed by atoms with Gasteiger partial charge in [-0.25, -0.2) is 13.2 Å². The van der Waals surface area contributed by atoms with Crippen molar-refractivity contribution in [3.8, 4) is 5.75 Å². The Morgan fingerprint density at radius 1 is 1.20 bits per heavy atom. The van der Waals surface area contributed by atoms with E-state index in [2.05, 4.69) is 21.9 Å². The van der Waals surface area contributed by atoms with Crippen molar-refractivity contribution in [1.29, 1.82) is 0 Å². The lowest BCUT2D eigenvalue weighted by Gasteiger charge is -2.21. The zero-order valence-corrected chi connectivity index (χ0v) is 20.3. The molecule has 0 radical (unpaired) electrons. The Morgan fingerprint density at radius 2 is 2.00 bits per heavy atom. The number of carboxylic acids is 1. The Morgan fingerprint density at radius 3 is 2.74 bits per heavy atom. The third-order valence-corrected chi connectivity index (χ3v) is 8.68. The van der Waals surface area contributed by atoms with Crippen LogP contribution in [0.2, 0.25) is 0 Å². The van der Waals surface area contributed by atoms with Crippen molar-refractivity contribution >= 4 is 27.6 Å². The zero-order valence-electron chi connectivity index (χ0n) is 19.5. The molecule has 1 aliphatic carbocycles. The van der Waals surface area contributed by atoms with Crippen LogP contribution >= 0.6 is 0 Å². The van der Waals surface area contributed by atoms with Gasteiger partial charge in [-0.2, -0.15) is 0 Å². The van der Waals surface area contributed by atoms with Crippen LogP contribution in [0.5, 0.6) is 5.75 Å². The molecular weight excluding hydrogens is 470 g/mol. The number of hydrogen-bond acceptors (Lipinski definition) is 6. The molecule has 3 atom stereocenters. The second kappa shape index (κ2) is 9.16. The number of fused-ring (bicyclic) bond motifs is 3. The number of anilines is 1. The van der Waals surface area contributed by atoms with Crippen molar-refractivity contribution in [1.82, 2.24) is 10.2 Å². The van der Waals surface area contributed by atoms with E-state index in [1.54, 1.807) is 24.3 Å². The van der Waals surface area contributed by atoms with Crippen LogP contribution in [0.25, 0.3) is 0 Å². The summed E-state index contributed by atoms with van der Waals surface area (Å²) >= 11 is 0. The van der Waals surface area contributed by atoms with Crippen LogP contribution in [0.1, 0.15) is 47.2 Å². The first-order valence-corrected chi connectivity index (χ1v) is 13.4. The Balaban J connectivity index is 1.37. The molecule has 2 fully saturated rings. The minimum Gasteiger partial charge on any atom is -0.492 e. The van der Waals surface area contributed by atoms with E-state index in [9.17, 15) is 23.1 Å². The average Bonchev–Trinajstić information content (AvgIpc) is 3.48. The number of carbonyl (C=O) groups excluding carboxylic acids is 1. The van der Waals surface area contributed by atoms with Crippen LogP contribution in [0.4, 0.5) is 5.69 Å². The lowest BCUT2D eigenvalue weighted by Crippen LogP contribution is -2.33. The molecular formula is C25H29N3O6S. The highest BCUT2D eigenvalue weighted by Gasteiger charge is 2.45. The van der Waals surface area contributed by atoms with Crippen LogP contribution in [-0.2, 0) is 21.4 Å². The number of sulfonamides is 1. The van der Waals surface area contributed by atoms with Gasteiger partial charge in [0.1, 0.15) is 11.3 Å². The number of ether oxygens (including phenoxy) is 1. The molecule has 0 unspecified atom stereocenters. The number of nitrogens with one attached hydrogen (secondary N) is 2. The van der Waals surface area contributed by atoms with Gasteiger partial charge in [-0.15, -0.1) is 0 Å². The van der Waals surface area contributed by atoms with Gasteiger partial charge in [0.2, 0.25) is 5.91 Å². The summed E-state index contributed by atoms with van der Waals surface area (Å²) < 4.78 is 34.9. The van der Waals surface area contributed by atoms with Crippen LogP contribution in [0, 0.1) is 11.8 Å². The van der Waals surface area contributed by atoms with Gasteiger partial charge >= 0.3 is 5.97 Å². The van der Waals surface area contributed by atoms with Gasteiger partial charge in [0.25, 0.3) is 10.0 Å². The fourth-order valence-corrected chi connectivity index (χ4v) is 6.43. The zero-order chi connectivity index (χ0) is 24.7. The summed E-state index contributed by atoms with van der Waals surface area (Å²) in [6.07, 6.45) is 1.73. The van der Waals surface area contributed by atoms with E-state index in [0.29, 0.717) is 24.6 Å². The molecule has 1 amide bonds. The van der Waals surface area contributed by atoms with Crippen LogP contribution in [0.15, 0.2) is 41.3 Å². The maximum absolute atomic E-state index is 13.4. The lowest BCUT2D eigenvalue weighted by molar-refractivity contribution is -0.124. The van der Waals surface area contributed by atoms with Gasteiger partial charge in [0.15, 0.2) is 0 Å². The summed E-state index contributed by atoms with van der Waals surface area (Å²) in [6.45, 7) is 5.02. The fourth-order valence-electron chi connectivity index (χ4n) is 5.12. The molecule has 2 aliphatic heterocycles. The molecule has 1 saturated heterocycles. The van der Waals surface area contributed by atoms with Gasteiger partial charge < -0.3 is 20.1 Å². The van der Waals surface area contributed by atoms with E-state index in [-0.39, 0.29) is 46.2 Å². The third kappa shape index (κ3) is 4.60. The van der Waals surface area contributed by atoms with Crippen LogP contribution < -0.4 is 14.8 Å². The quantitative estimate of drug-likeness (QED) is 0.510. The lowest BCUT2D eigenvalue weighted by atomic mass is 10.0. The Hall–Kier alpha value is -3.11. The summed E-state index contributed by atoms with van der Waals surface area (Å²) in [5.74, 6) is -0.540. The number of aromatic carboxylic acids is 1. The molecule has 2 aromatic carbocycles. The van der Waals surface area contributed by atoms with E-state index in [4.69, 9.17) is 4.74 Å². The molecule has 186 valence electrons. The molecule has 10 heteroatoms. The number of carbonyl (C=O) groups is 2. The van der Waals surface area contributed by atoms with Crippen molar-refractivity contribution < 1.29 is 27.9 Å². The Kier molecular flexibility index (Phi) is 6.18. The molecule has 0 aromatic heterocycles. The van der Waals surface area contributed by atoms with Crippen molar-refractivity contribution in [2.24, 2.45) is 11.8 Å². The summed E-state index contributed by atoms with van der Waals surface area (Å²) in [4.78, 5) is 26.9. The highest BCUT2D eigenvalue weighted by Crippen LogP contribution is 2.55. The Labute approximate surface area is 204 Å². The summed E-state index contributed by atoms with van der Waals surface area (Å²) in [7, 11) is -4.14. The fraction of sp³-hybridized carbons (Fsp3) is 0.440. The second-order valence-corrected chi connectivity index (χ2v) is 11.1. The number of amides is 1. The topological polar surface area (TPSA) is 125 Å². The van der Waals surface area contributed by atoms with Crippen LogP contribution in [0.3, 0.4) is 0 Å². The average molecular weight is 500 g/mol. The van der Waals surface area contributed by atoms with E-state index in [1.807, 2.05) is 0 Å². The van der Waals surface area contributed by atoms with Gasteiger partial charge in [-0.05, 0) is 55.1 Å². The molecule has 0 spiro atoms. The van der Waals surface area contributed by atoms with E-state index >= 15 is 0 Å². The minimum atomic E-state index is -4.14. The van der Waals surface area contributed by atoms with Crippen molar-refractivity contribution in [2.45, 2.75) is 37.1 Å². The van der Waals surface area contributed by atoms with Crippen molar-refractivity contribution in [3.05, 3.63) is 53.1 Å². The number of benzene rings is 2. The first-order valence-electron chi connectivity index (χ1n) is 11.9. The molecule has 0 bridgehead atoms. The highest BCUT2D eigenvalue weighted by molar-refractivity contribution is 7.92. The molecule has 35 heavy (non-hydrogen) atoms. The summed E-state index contributed by atoms with van der Waals surface area (Å²) in [5.41, 5.74) is 1.02. The van der Waals surface area contributed by atoms with Crippen LogP contribution in [-0.4, -0.2) is 56.5 Å². The van der Waals surface area contributed by atoms with E-state index in [1.165, 1.54) is 12.1 Å².